The number of hydrogen-bond acceptors (Lipinski definition) is 4. The average Bonchev–Trinajstić information content (AvgIpc) is 2.62. The number of alkyl carbamates (subject to hydrolysis) is 1. The second kappa shape index (κ2) is 12.1. The summed E-state index contributed by atoms with van der Waals surface area (Å²) in [7, 11) is 0. The molecule has 2 atom stereocenters. The van der Waals surface area contributed by atoms with E-state index in [1.807, 2.05) is 52.0 Å². The lowest BCUT2D eigenvalue weighted by molar-refractivity contribution is 0.0276. The molecule has 5 heteroatoms. The van der Waals surface area contributed by atoms with E-state index in [9.17, 15) is 9.90 Å². The predicted molar refractivity (Wildman–Crippen MR) is 118 cm³/mol. The first kappa shape index (κ1) is 25.3. The molecule has 166 valence electrons. The maximum Gasteiger partial charge on any atom is 0.408 e. The largest absolute Gasteiger partial charge is 0.494 e. The lowest BCUT2D eigenvalue weighted by Gasteiger charge is -2.34. The van der Waals surface area contributed by atoms with Gasteiger partial charge >= 0.3 is 6.09 Å². The van der Waals surface area contributed by atoms with Gasteiger partial charge in [0.25, 0.3) is 0 Å². The molecular weight excluding hydrogens is 366 g/mol. The molecule has 0 unspecified atom stereocenters. The molecule has 1 aromatic rings. The Labute approximate surface area is 177 Å². The Balaban J connectivity index is 2.51. The van der Waals surface area contributed by atoms with Crippen LogP contribution in [0.25, 0.3) is 0 Å². The Morgan fingerprint density at radius 3 is 2.24 bits per heavy atom. The number of aliphatic hydroxyl groups excluding tert-OH is 1. The Hall–Kier alpha value is -1.75. The molecule has 5 nitrogen and oxygen atoms in total. The molecule has 0 aliphatic heterocycles. The Bertz CT molecular complexity index is 592. The number of carbonyl (C=O) groups is 1. The average molecular weight is 408 g/mol. The van der Waals surface area contributed by atoms with Crippen LogP contribution in [0.4, 0.5) is 4.79 Å². The number of carbonyl (C=O) groups excluding carboxylic acids is 1. The van der Waals surface area contributed by atoms with Gasteiger partial charge in [-0.3, -0.25) is 0 Å². The van der Waals surface area contributed by atoms with Gasteiger partial charge in [0.05, 0.1) is 18.2 Å². The van der Waals surface area contributed by atoms with Crippen LogP contribution in [-0.2, 0) is 11.2 Å². The van der Waals surface area contributed by atoms with Crippen molar-refractivity contribution in [3.63, 3.8) is 0 Å². The molecule has 0 aliphatic rings. The second-order valence-corrected chi connectivity index (χ2v) is 9.13. The van der Waals surface area contributed by atoms with Crippen LogP contribution in [-0.4, -0.2) is 35.1 Å². The molecule has 0 spiro atoms. The number of benzene rings is 1. The zero-order valence-electron chi connectivity index (χ0n) is 19.2. The smallest absolute Gasteiger partial charge is 0.408 e. The van der Waals surface area contributed by atoms with Crippen LogP contribution < -0.4 is 10.1 Å². The molecule has 1 amide bonds. The number of hydrogen-bond donors (Lipinski definition) is 2. The van der Waals surface area contributed by atoms with Crippen LogP contribution in [0, 0.1) is 0 Å². The van der Waals surface area contributed by atoms with E-state index in [-0.39, 0.29) is 0 Å². The van der Waals surface area contributed by atoms with Crippen molar-refractivity contribution in [3.05, 3.63) is 29.8 Å². The lowest BCUT2D eigenvalue weighted by Crippen LogP contribution is -2.54. The van der Waals surface area contributed by atoms with Crippen molar-refractivity contribution in [2.75, 3.05) is 6.61 Å². The van der Waals surface area contributed by atoms with Gasteiger partial charge in [0.15, 0.2) is 0 Å². The van der Waals surface area contributed by atoms with Gasteiger partial charge in [-0.2, -0.15) is 0 Å². The third-order valence-corrected chi connectivity index (χ3v) is 5.08. The predicted octanol–water partition coefficient (Wildman–Crippen LogP) is 5.63. The monoisotopic (exact) mass is 407 g/mol. The van der Waals surface area contributed by atoms with Crippen LogP contribution in [0.1, 0.15) is 85.6 Å². The molecule has 0 saturated heterocycles. The van der Waals surface area contributed by atoms with E-state index in [1.54, 1.807) is 6.92 Å². The summed E-state index contributed by atoms with van der Waals surface area (Å²) in [5.74, 6) is 0.884. The van der Waals surface area contributed by atoms with E-state index in [4.69, 9.17) is 9.47 Å². The van der Waals surface area contributed by atoms with Crippen molar-refractivity contribution in [2.45, 2.75) is 104 Å². The number of amides is 1. The normalized spacial score (nSPS) is 14.7. The van der Waals surface area contributed by atoms with Gasteiger partial charge in [0.2, 0.25) is 0 Å². The highest BCUT2D eigenvalue weighted by Crippen LogP contribution is 2.21. The molecule has 29 heavy (non-hydrogen) atoms. The summed E-state index contributed by atoms with van der Waals surface area (Å²) < 4.78 is 11.2. The van der Waals surface area contributed by atoms with Crippen molar-refractivity contribution in [1.29, 1.82) is 0 Å². The number of aryl methyl sites for hydroxylation is 1. The fourth-order valence-electron chi connectivity index (χ4n) is 2.96. The van der Waals surface area contributed by atoms with Gasteiger partial charge in [0.1, 0.15) is 11.4 Å². The van der Waals surface area contributed by atoms with Gasteiger partial charge in [-0.25, -0.2) is 4.79 Å². The van der Waals surface area contributed by atoms with Crippen molar-refractivity contribution in [1.82, 2.24) is 5.32 Å². The molecule has 0 aliphatic carbocycles. The molecule has 0 fully saturated rings. The minimum absolute atomic E-state index is 0.511. The molecule has 0 radical (unpaired) electrons. The molecule has 1 rings (SSSR count). The first-order valence-electron chi connectivity index (χ1n) is 11.0. The summed E-state index contributed by atoms with van der Waals surface area (Å²) >= 11 is 0. The number of unbranched alkanes of at least 4 members (excludes halogenated alkanes) is 4. The van der Waals surface area contributed by atoms with Gasteiger partial charge < -0.3 is 19.9 Å². The quantitative estimate of drug-likeness (QED) is 0.440. The van der Waals surface area contributed by atoms with Crippen LogP contribution in [0.2, 0.25) is 0 Å². The van der Waals surface area contributed by atoms with Crippen LogP contribution in [0.5, 0.6) is 5.75 Å². The molecule has 2 N–H and O–H groups in total. The summed E-state index contributed by atoms with van der Waals surface area (Å²) in [6, 6.07) is 8.06. The third kappa shape index (κ3) is 10.6. The standard InChI is InChI=1S/C24H41NO4/c1-7-8-9-10-11-18-28-21-14-12-20(13-15-21)16-17-24(6,19(2)26)25-22(27)29-23(3,4)5/h12-15,19,26H,7-11,16-18H2,1-6H3,(H,25,27)/t19-,24-/m1/s1. The molecule has 0 aromatic heterocycles. The van der Waals surface area contributed by atoms with Crippen molar-refractivity contribution in [3.8, 4) is 5.75 Å². The van der Waals surface area contributed by atoms with Gasteiger partial charge in [0, 0.05) is 0 Å². The van der Waals surface area contributed by atoms with Crippen LogP contribution >= 0.6 is 0 Å². The first-order valence-corrected chi connectivity index (χ1v) is 11.0. The number of ether oxygens (including phenoxy) is 2. The molecular formula is C24H41NO4. The highest BCUT2D eigenvalue weighted by atomic mass is 16.6. The zero-order valence-corrected chi connectivity index (χ0v) is 19.2. The maximum absolute atomic E-state index is 12.2. The third-order valence-electron chi connectivity index (χ3n) is 5.08. The molecule has 0 bridgehead atoms. The van der Waals surface area contributed by atoms with E-state index in [1.165, 1.54) is 25.7 Å². The summed E-state index contributed by atoms with van der Waals surface area (Å²) in [6.07, 6.45) is 6.24. The van der Waals surface area contributed by atoms with Crippen LogP contribution in [0.15, 0.2) is 24.3 Å². The molecule has 0 saturated carbocycles. The Kier molecular flexibility index (Phi) is 10.5. The van der Waals surface area contributed by atoms with Gasteiger partial charge in [-0.1, -0.05) is 44.7 Å². The second-order valence-electron chi connectivity index (χ2n) is 9.13. The summed E-state index contributed by atoms with van der Waals surface area (Å²) in [5, 5.41) is 13.1. The number of rotatable bonds is 12. The first-order chi connectivity index (χ1) is 13.6. The SMILES string of the molecule is CCCCCCCOc1ccc(CC[C@@](C)(NC(=O)OC(C)(C)C)[C@@H](C)O)cc1. The summed E-state index contributed by atoms with van der Waals surface area (Å²) in [6.45, 7) is 12.0. The van der Waals surface area contributed by atoms with E-state index in [0.717, 1.165) is 30.8 Å². The highest BCUT2D eigenvalue weighted by Gasteiger charge is 2.33. The zero-order chi connectivity index (χ0) is 21.9. The summed E-state index contributed by atoms with van der Waals surface area (Å²) in [5.41, 5.74) is -0.205. The van der Waals surface area contributed by atoms with E-state index < -0.39 is 23.3 Å². The van der Waals surface area contributed by atoms with Gasteiger partial charge in [-0.05, 0) is 71.6 Å². The summed E-state index contributed by atoms with van der Waals surface area (Å²) in [4.78, 5) is 12.2. The van der Waals surface area contributed by atoms with E-state index >= 15 is 0 Å². The van der Waals surface area contributed by atoms with E-state index in [2.05, 4.69) is 12.2 Å². The van der Waals surface area contributed by atoms with Gasteiger partial charge in [-0.15, -0.1) is 0 Å². The van der Waals surface area contributed by atoms with Crippen molar-refractivity contribution < 1.29 is 19.4 Å². The Morgan fingerprint density at radius 1 is 1.07 bits per heavy atom. The van der Waals surface area contributed by atoms with Crippen LogP contribution in [0.3, 0.4) is 0 Å². The fourth-order valence-corrected chi connectivity index (χ4v) is 2.96. The lowest BCUT2D eigenvalue weighted by atomic mass is 9.88. The topological polar surface area (TPSA) is 67.8 Å². The van der Waals surface area contributed by atoms with Crippen molar-refractivity contribution in [2.24, 2.45) is 0 Å². The number of nitrogens with one attached hydrogen (secondary N) is 1. The minimum Gasteiger partial charge on any atom is -0.494 e. The Morgan fingerprint density at radius 2 is 1.69 bits per heavy atom. The highest BCUT2D eigenvalue weighted by molar-refractivity contribution is 5.68. The number of aliphatic hydroxyl groups is 1. The fraction of sp³-hybridized carbons (Fsp3) is 0.708. The molecule has 0 heterocycles. The van der Waals surface area contributed by atoms with Crippen molar-refractivity contribution >= 4 is 6.09 Å². The molecule has 1 aromatic carbocycles. The van der Waals surface area contributed by atoms with E-state index in [0.29, 0.717) is 6.42 Å². The maximum atomic E-state index is 12.2. The minimum atomic E-state index is -0.768.